The molecule has 5 heteroatoms. The highest BCUT2D eigenvalue weighted by atomic mass is 16.5. The Morgan fingerprint density at radius 2 is 2.05 bits per heavy atom. The second-order valence-corrected chi connectivity index (χ2v) is 5.08. The van der Waals surface area contributed by atoms with Gasteiger partial charge in [-0.1, -0.05) is 19.9 Å². The van der Waals surface area contributed by atoms with Crippen molar-refractivity contribution in [3.8, 4) is 11.5 Å². The molecule has 0 aliphatic heterocycles. The predicted molar refractivity (Wildman–Crippen MR) is 78.8 cm³/mol. The first kappa shape index (κ1) is 16.3. The number of hydrogen-bond donors (Lipinski definition) is 2. The molecular formula is C15H24N2O3. The van der Waals surface area contributed by atoms with E-state index >= 15 is 0 Å². The molecule has 0 radical (unpaired) electrons. The summed E-state index contributed by atoms with van der Waals surface area (Å²) in [7, 11) is 1.58. The lowest BCUT2D eigenvalue weighted by Crippen LogP contribution is -2.38. The summed E-state index contributed by atoms with van der Waals surface area (Å²) in [4.78, 5) is 11.9. The van der Waals surface area contributed by atoms with Gasteiger partial charge in [-0.15, -0.1) is 0 Å². The molecule has 0 aromatic heterocycles. The van der Waals surface area contributed by atoms with Gasteiger partial charge in [0.15, 0.2) is 6.10 Å². The van der Waals surface area contributed by atoms with Crippen LogP contribution >= 0.6 is 0 Å². The van der Waals surface area contributed by atoms with Gasteiger partial charge >= 0.3 is 0 Å². The summed E-state index contributed by atoms with van der Waals surface area (Å²) in [5.41, 5.74) is 6.51. The summed E-state index contributed by atoms with van der Waals surface area (Å²) < 4.78 is 10.9. The van der Waals surface area contributed by atoms with Crippen LogP contribution in [0.4, 0.5) is 0 Å². The summed E-state index contributed by atoms with van der Waals surface area (Å²) in [6.07, 6.45) is -0.578. The van der Waals surface area contributed by atoms with Gasteiger partial charge in [0.2, 0.25) is 0 Å². The molecule has 0 spiro atoms. The maximum absolute atomic E-state index is 11.9. The fourth-order valence-corrected chi connectivity index (χ4v) is 1.63. The van der Waals surface area contributed by atoms with Crippen LogP contribution in [0, 0.1) is 5.92 Å². The Morgan fingerprint density at radius 1 is 1.35 bits per heavy atom. The molecule has 1 rings (SSSR count). The van der Waals surface area contributed by atoms with Crippen LogP contribution in [0.2, 0.25) is 0 Å². The number of rotatable bonds is 7. The van der Waals surface area contributed by atoms with Crippen molar-refractivity contribution in [2.75, 3.05) is 13.7 Å². The zero-order chi connectivity index (χ0) is 15.1. The number of benzene rings is 1. The minimum Gasteiger partial charge on any atom is -0.497 e. The van der Waals surface area contributed by atoms with Crippen molar-refractivity contribution < 1.29 is 14.3 Å². The Bertz CT molecular complexity index is 447. The highest BCUT2D eigenvalue weighted by molar-refractivity contribution is 5.80. The van der Waals surface area contributed by atoms with E-state index in [-0.39, 0.29) is 5.91 Å². The highest BCUT2D eigenvalue weighted by Gasteiger charge is 2.16. The molecule has 1 aromatic rings. The maximum Gasteiger partial charge on any atom is 0.260 e. The van der Waals surface area contributed by atoms with E-state index < -0.39 is 6.10 Å². The summed E-state index contributed by atoms with van der Waals surface area (Å²) in [6, 6.07) is 5.40. The first-order chi connectivity index (χ1) is 9.47. The van der Waals surface area contributed by atoms with Gasteiger partial charge in [-0.3, -0.25) is 4.79 Å². The van der Waals surface area contributed by atoms with Crippen LogP contribution in [0.1, 0.15) is 26.3 Å². The molecule has 0 heterocycles. The standard InChI is InChI=1S/C15H24N2O3/c1-10(2)9-17-15(18)11(3)20-14-7-13(19-4)6-5-12(14)8-16/h5-7,10-11H,8-9,16H2,1-4H3,(H,17,18). The van der Waals surface area contributed by atoms with E-state index in [0.717, 1.165) is 5.56 Å². The molecule has 3 N–H and O–H groups in total. The molecular weight excluding hydrogens is 256 g/mol. The van der Waals surface area contributed by atoms with Crippen LogP contribution in [0.3, 0.4) is 0 Å². The van der Waals surface area contributed by atoms with Crippen molar-refractivity contribution in [1.29, 1.82) is 0 Å². The zero-order valence-corrected chi connectivity index (χ0v) is 12.6. The smallest absolute Gasteiger partial charge is 0.260 e. The van der Waals surface area contributed by atoms with E-state index in [9.17, 15) is 4.79 Å². The maximum atomic E-state index is 11.9. The molecule has 0 aliphatic rings. The Kier molecular flexibility index (Phi) is 6.31. The number of nitrogens with one attached hydrogen (secondary N) is 1. The minimum atomic E-state index is -0.578. The summed E-state index contributed by atoms with van der Waals surface area (Å²) in [5.74, 6) is 1.53. The number of nitrogens with two attached hydrogens (primary N) is 1. The molecule has 0 saturated carbocycles. The van der Waals surface area contributed by atoms with Crippen molar-refractivity contribution in [1.82, 2.24) is 5.32 Å². The molecule has 0 bridgehead atoms. The molecule has 5 nitrogen and oxygen atoms in total. The third-order valence-corrected chi connectivity index (χ3v) is 2.85. The molecule has 1 atom stereocenters. The number of ether oxygens (including phenoxy) is 2. The molecule has 0 saturated heterocycles. The van der Waals surface area contributed by atoms with E-state index in [1.165, 1.54) is 0 Å². The van der Waals surface area contributed by atoms with Crippen LogP contribution in [-0.4, -0.2) is 25.7 Å². The van der Waals surface area contributed by atoms with Gasteiger partial charge in [0.05, 0.1) is 7.11 Å². The van der Waals surface area contributed by atoms with Crippen molar-refractivity contribution in [2.24, 2.45) is 11.7 Å². The van der Waals surface area contributed by atoms with Crippen LogP contribution in [-0.2, 0) is 11.3 Å². The molecule has 0 fully saturated rings. The van der Waals surface area contributed by atoms with Crippen LogP contribution < -0.4 is 20.5 Å². The lowest BCUT2D eigenvalue weighted by atomic mass is 10.2. The van der Waals surface area contributed by atoms with Gasteiger partial charge in [-0.25, -0.2) is 0 Å². The van der Waals surface area contributed by atoms with Gasteiger partial charge in [0.1, 0.15) is 11.5 Å². The van der Waals surface area contributed by atoms with Gasteiger partial charge < -0.3 is 20.5 Å². The van der Waals surface area contributed by atoms with E-state index in [1.54, 1.807) is 20.1 Å². The Balaban J connectivity index is 2.73. The van der Waals surface area contributed by atoms with Crippen molar-refractivity contribution in [2.45, 2.75) is 33.4 Å². The SMILES string of the molecule is COc1ccc(CN)c(OC(C)C(=O)NCC(C)C)c1. The van der Waals surface area contributed by atoms with E-state index in [2.05, 4.69) is 5.32 Å². The van der Waals surface area contributed by atoms with E-state index in [0.29, 0.717) is 30.5 Å². The normalized spacial score (nSPS) is 12.1. The number of methoxy groups -OCH3 is 1. The lowest BCUT2D eigenvalue weighted by molar-refractivity contribution is -0.127. The summed E-state index contributed by atoms with van der Waals surface area (Å²) >= 11 is 0. The molecule has 20 heavy (non-hydrogen) atoms. The molecule has 1 unspecified atom stereocenters. The third kappa shape index (κ3) is 4.74. The monoisotopic (exact) mass is 280 g/mol. The van der Waals surface area contributed by atoms with Crippen LogP contribution in [0.15, 0.2) is 18.2 Å². The first-order valence-corrected chi connectivity index (χ1v) is 6.79. The van der Waals surface area contributed by atoms with Crippen LogP contribution in [0.5, 0.6) is 11.5 Å². The van der Waals surface area contributed by atoms with Gasteiger partial charge in [-0.05, 0) is 18.9 Å². The summed E-state index contributed by atoms with van der Waals surface area (Å²) in [5, 5.41) is 2.84. The van der Waals surface area contributed by atoms with Crippen molar-refractivity contribution in [3.63, 3.8) is 0 Å². The number of carbonyl (C=O) groups is 1. The topological polar surface area (TPSA) is 73.6 Å². The Hall–Kier alpha value is -1.75. The minimum absolute atomic E-state index is 0.135. The fourth-order valence-electron chi connectivity index (χ4n) is 1.63. The third-order valence-electron chi connectivity index (χ3n) is 2.85. The van der Waals surface area contributed by atoms with Gasteiger partial charge in [0.25, 0.3) is 5.91 Å². The molecule has 1 amide bonds. The highest BCUT2D eigenvalue weighted by Crippen LogP contribution is 2.25. The molecule has 112 valence electrons. The number of hydrogen-bond acceptors (Lipinski definition) is 4. The number of carbonyl (C=O) groups excluding carboxylic acids is 1. The van der Waals surface area contributed by atoms with E-state index in [4.69, 9.17) is 15.2 Å². The average Bonchev–Trinajstić information content (AvgIpc) is 2.44. The lowest BCUT2D eigenvalue weighted by Gasteiger charge is -2.18. The van der Waals surface area contributed by atoms with Crippen molar-refractivity contribution in [3.05, 3.63) is 23.8 Å². The quantitative estimate of drug-likeness (QED) is 0.797. The molecule has 1 aromatic carbocycles. The number of amides is 1. The average molecular weight is 280 g/mol. The second kappa shape index (κ2) is 7.75. The van der Waals surface area contributed by atoms with Gasteiger partial charge in [0, 0.05) is 24.7 Å². The largest absolute Gasteiger partial charge is 0.497 e. The second-order valence-electron chi connectivity index (χ2n) is 5.08. The fraction of sp³-hybridized carbons (Fsp3) is 0.533. The van der Waals surface area contributed by atoms with E-state index in [1.807, 2.05) is 26.0 Å². The molecule has 0 aliphatic carbocycles. The van der Waals surface area contributed by atoms with Gasteiger partial charge in [-0.2, -0.15) is 0 Å². The Morgan fingerprint density at radius 3 is 2.60 bits per heavy atom. The summed E-state index contributed by atoms with van der Waals surface area (Å²) in [6.45, 7) is 6.78. The Labute approximate surface area is 120 Å². The van der Waals surface area contributed by atoms with Crippen molar-refractivity contribution >= 4 is 5.91 Å². The van der Waals surface area contributed by atoms with Crippen LogP contribution in [0.25, 0.3) is 0 Å². The predicted octanol–water partition coefficient (Wildman–Crippen LogP) is 1.69. The zero-order valence-electron chi connectivity index (χ0n) is 12.6. The first-order valence-electron chi connectivity index (χ1n) is 6.79.